The van der Waals surface area contributed by atoms with E-state index in [0.717, 1.165) is 38.2 Å². The number of carbonyl (C=O) groups excluding carboxylic acids is 1. The fourth-order valence-electron chi connectivity index (χ4n) is 4.29. The summed E-state index contributed by atoms with van der Waals surface area (Å²) in [5.74, 6) is 0.525. The Bertz CT molecular complexity index is 855. The van der Waals surface area contributed by atoms with E-state index in [2.05, 4.69) is 39.4 Å². The van der Waals surface area contributed by atoms with Crippen LogP contribution in [0.2, 0.25) is 0 Å². The average Bonchev–Trinajstić information content (AvgIpc) is 3.19. The summed E-state index contributed by atoms with van der Waals surface area (Å²) in [7, 11) is 1.99. The Labute approximate surface area is 172 Å². The highest BCUT2D eigenvalue weighted by molar-refractivity contribution is 6.00. The maximum absolute atomic E-state index is 12.9. The Morgan fingerprint density at radius 3 is 2.90 bits per heavy atom. The first-order valence-corrected chi connectivity index (χ1v) is 10.5. The van der Waals surface area contributed by atoms with Gasteiger partial charge in [0, 0.05) is 31.9 Å². The van der Waals surface area contributed by atoms with Gasteiger partial charge in [0.05, 0.1) is 17.8 Å². The number of benzene rings is 2. The van der Waals surface area contributed by atoms with Crippen LogP contribution in [0.3, 0.4) is 0 Å². The number of carbonyl (C=O) groups is 1. The predicted octanol–water partition coefficient (Wildman–Crippen LogP) is 2.53. The van der Waals surface area contributed by atoms with Gasteiger partial charge in [-0.3, -0.25) is 9.69 Å². The summed E-state index contributed by atoms with van der Waals surface area (Å²) in [5.41, 5.74) is 9.39. The van der Waals surface area contributed by atoms with Crippen LogP contribution in [0.4, 0.5) is 11.4 Å². The molecular formula is C23H30N4O2. The van der Waals surface area contributed by atoms with Crippen molar-refractivity contribution in [1.29, 1.82) is 0 Å². The Kier molecular flexibility index (Phi) is 5.90. The third-order valence-corrected chi connectivity index (χ3v) is 5.95. The normalized spacial score (nSPS) is 18.9. The Morgan fingerprint density at radius 1 is 1.24 bits per heavy atom. The molecular weight excluding hydrogens is 364 g/mol. The van der Waals surface area contributed by atoms with Gasteiger partial charge in [0.2, 0.25) is 0 Å². The Morgan fingerprint density at radius 2 is 2.07 bits per heavy atom. The molecule has 1 fully saturated rings. The summed E-state index contributed by atoms with van der Waals surface area (Å²) in [6, 6.07) is 14.5. The molecule has 0 aliphatic carbocycles. The van der Waals surface area contributed by atoms with Crippen molar-refractivity contribution in [1.82, 2.24) is 10.2 Å². The van der Waals surface area contributed by atoms with Gasteiger partial charge in [0.1, 0.15) is 6.61 Å². The van der Waals surface area contributed by atoms with Gasteiger partial charge in [-0.05, 0) is 43.5 Å². The molecule has 1 amide bonds. The lowest BCUT2D eigenvalue weighted by molar-refractivity contribution is 0.0936. The van der Waals surface area contributed by atoms with Gasteiger partial charge < -0.3 is 20.7 Å². The zero-order chi connectivity index (χ0) is 20.2. The van der Waals surface area contributed by atoms with Crippen molar-refractivity contribution in [3.63, 3.8) is 0 Å². The molecule has 6 nitrogen and oxygen atoms in total. The van der Waals surface area contributed by atoms with Crippen molar-refractivity contribution in [2.45, 2.75) is 25.3 Å². The van der Waals surface area contributed by atoms with Gasteiger partial charge in [-0.25, -0.2) is 0 Å². The lowest BCUT2D eigenvalue weighted by atomic mass is 10.1. The van der Waals surface area contributed by atoms with Crippen LogP contribution in [-0.4, -0.2) is 56.7 Å². The molecule has 29 heavy (non-hydrogen) atoms. The van der Waals surface area contributed by atoms with Gasteiger partial charge in [-0.2, -0.15) is 0 Å². The standard InChI is InChI=1S/C23H30N4O2/c1-26-12-13-29-22-20(14-18(24)15-21(22)26)23(28)25-16-19-8-5-10-27(19)11-9-17-6-3-2-4-7-17/h2-4,6-7,14-15,19H,5,8-13,16,24H2,1H3,(H,25,28)/t19-/m1/s1. The first kappa shape index (κ1) is 19.6. The molecule has 154 valence electrons. The molecule has 3 N–H and O–H groups in total. The van der Waals surface area contributed by atoms with Gasteiger partial charge in [0.25, 0.3) is 5.91 Å². The third-order valence-electron chi connectivity index (χ3n) is 5.95. The van der Waals surface area contributed by atoms with Crippen molar-refractivity contribution in [2.75, 3.05) is 50.5 Å². The number of amides is 1. The van der Waals surface area contributed by atoms with E-state index < -0.39 is 0 Å². The first-order valence-electron chi connectivity index (χ1n) is 10.5. The number of nitrogens with one attached hydrogen (secondary N) is 1. The quantitative estimate of drug-likeness (QED) is 0.737. The maximum Gasteiger partial charge on any atom is 0.255 e. The highest BCUT2D eigenvalue weighted by Crippen LogP contribution is 2.36. The number of hydrogen-bond acceptors (Lipinski definition) is 5. The average molecular weight is 395 g/mol. The molecule has 6 heteroatoms. The van der Waals surface area contributed by atoms with E-state index in [4.69, 9.17) is 10.5 Å². The zero-order valence-electron chi connectivity index (χ0n) is 17.1. The second kappa shape index (κ2) is 8.74. The maximum atomic E-state index is 12.9. The summed E-state index contributed by atoms with van der Waals surface area (Å²) >= 11 is 0. The highest BCUT2D eigenvalue weighted by Gasteiger charge is 2.27. The van der Waals surface area contributed by atoms with Crippen LogP contribution in [-0.2, 0) is 6.42 Å². The number of ether oxygens (including phenoxy) is 1. The molecule has 0 saturated carbocycles. The molecule has 2 heterocycles. The number of nitrogens with zero attached hydrogens (tertiary/aromatic N) is 2. The van der Waals surface area contributed by atoms with E-state index in [1.165, 1.54) is 12.0 Å². The molecule has 2 aromatic rings. The monoisotopic (exact) mass is 394 g/mol. The molecule has 2 aliphatic rings. The second-order valence-electron chi connectivity index (χ2n) is 7.96. The fraction of sp³-hybridized carbons (Fsp3) is 0.435. The zero-order valence-corrected chi connectivity index (χ0v) is 17.1. The largest absolute Gasteiger partial charge is 0.489 e. The lowest BCUT2D eigenvalue weighted by Gasteiger charge is -2.29. The summed E-state index contributed by atoms with van der Waals surface area (Å²) in [6.07, 6.45) is 3.33. The number of nitrogens with two attached hydrogens (primary N) is 1. The predicted molar refractivity (Wildman–Crippen MR) is 117 cm³/mol. The van der Waals surface area contributed by atoms with Gasteiger partial charge in [0.15, 0.2) is 5.75 Å². The molecule has 1 atom stereocenters. The lowest BCUT2D eigenvalue weighted by Crippen LogP contribution is -2.41. The summed E-state index contributed by atoms with van der Waals surface area (Å²) in [6.45, 7) is 4.12. The minimum Gasteiger partial charge on any atom is -0.489 e. The fourth-order valence-corrected chi connectivity index (χ4v) is 4.29. The van der Waals surface area contributed by atoms with Crippen LogP contribution in [0.1, 0.15) is 28.8 Å². The van der Waals surface area contributed by atoms with Crippen molar-refractivity contribution in [2.24, 2.45) is 0 Å². The van der Waals surface area contributed by atoms with Crippen LogP contribution >= 0.6 is 0 Å². The number of hydrogen-bond donors (Lipinski definition) is 2. The topological polar surface area (TPSA) is 70.8 Å². The Hall–Kier alpha value is -2.73. The SMILES string of the molecule is CN1CCOc2c(C(=O)NC[C@H]3CCCN3CCc3ccccc3)cc(N)cc21. The molecule has 0 radical (unpaired) electrons. The van der Waals surface area contributed by atoms with Gasteiger partial charge in [-0.1, -0.05) is 30.3 Å². The number of rotatable bonds is 6. The molecule has 2 aromatic carbocycles. The first-order chi connectivity index (χ1) is 14.1. The van der Waals surface area contributed by atoms with Crippen molar-refractivity contribution >= 4 is 17.3 Å². The van der Waals surface area contributed by atoms with E-state index in [9.17, 15) is 4.79 Å². The summed E-state index contributed by atoms with van der Waals surface area (Å²) < 4.78 is 5.81. The number of nitrogen functional groups attached to an aromatic ring is 1. The van der Waals surface area contributed by atoms with Crippen LogP contribution in [0, 0.1) is 0 Å². The summed E-state index contributed by atoms with van der Waals surface area (Å²) in [5, 5.41) is 3.13. The van der Waals surface area contributed by atoms with E-state index in [0.29, 0.717) is 36.2 Å². The molecule has 1 saturated heterocycles. The second-order valence-corrected chi connectivity index (χ2v) is 7.96. The third kappa shape index (κ3) is 4.48. The number of fused-ring (bicyclic) bond motifs is 1. The summed E-state index contributed by atoms with van der Waals surface area (Å²) in [4.78, 5) is 17.5. The highest BCUT2D eigenvalue weighted by atomic mass is 16.5. The van der Waals surface area contributed by atoms with Gasteiger partial charge in [-0.15, -0.1) is 0 Å². The van der Waals surface area contributed by atoms with Crippen molar-refractivity contribution < 1.29 is 9.53 Å². The Balaban J connectivity index is 1.38. The molecule has 0 spiro atoms. The molecule has 0 unspecified atom stereocenters. The van der Waals surface area contributed by atoms with Crippen LogP contribution < -0.4 is 20.7 Å². The van der Waals surface area contributed by atoms with E-state index in [-0.39, 0.29) is 5.91 Å². The van der Waals surface area contributed by atoms with E-state index in [1.807, 2.05) is 19.2 Å². The van der Waals surface area contributed by atoms with Crippen molar-refractivity contribution in [3.8, 4) is 5.75 Å². The van der Waals surface area contributed by atoms with Crippen LogP contribution in [0.15, 0.2) is 42.5 Å². The van der Waals surface area contributed by atoms with Crippen LogP contribution in [0.5, 0.6) is 5.75 Å². The molecule has 4 rings (SSSR count). The molecule has 2 aliphatic heterocycles. The smallest absolute Gasteiger partial charge is 0.255 e. The van der Waals surface area contributed by atoms with E-state index in [1.54, 1.807) is 6.07 Å². The van der Waals surface area contributed by atoms with E-state index >= 15 is 0 Å². The minimum absolute atomic E-state index is 0.112. The van der Waals surface area contributed by atoms with Crippen LogP contribution in [0.25, 0.3) is 0 Å². The number of likely N-dealkylation sites (N-methyl/N-ethyl adjacent to an activating group) is 1. The molecule has 0 bridgehead atoms. The van der Waals surface area contributed by atoms with Crippen molar-refractivity contribution in [3.05, 3.63) is 53.6 Å². The minimum atomic E-state index is -0.112. The van der Waals surface area contributed by atoms with Gasteiger partial charge >= 0.3 is 0 Å². The number of likely N-dealkylation sites (tertiary alicyclic amines) is 1. The molecule has 0 aromatic heterocycles. The number of anilines is 2.